The van der Waals surface area contributed by atoms with Gasteiger partial charge in [-0.1, -0.05) is 12.2 Å². The minimum Gasteiger partial charge on any atom is -0.336 e. The zero-order valence-corrected chi connectivity index (χ0v) is 6.84. The van der Waals surface area contributed by atoms with Crippen LogP contribution in [0.15, 0.2) is 12.2 Å². The van der Waals surface area contributed by atoms with Crippen LogP contribution in [0.5, 0.6) is 0 Å². The van der Waals surface area contributed by atoms with Crippen LogP contribution in [0.3, 0.4) is 0 Å². The fourth-order valence-corrected chi connectivity index (χ4v) is 1.12. The molecule has 0 atom stereocenters. The summed E-state index contributed by atoms with van der Waals surface area (Å²) in [5.41, 5.74) is 0. The van der Waals surface area contributed by atoms with E-state index < -0.39 is 0 Å². The van der Waals surface area contributed by atoms with Crippen LogP contribution in [0.2, 0.25) is 0 Å². The number of hydrogen-bond donors (Lipinski definition) is 1. The Bertz CT molecular complexity index is 165. The summed E-state index contributed by atoms with van der Waals surface area (Å²) in [7, 11) is 0. The van der Waals surface area contributed by atoms with Crippen LogP contribution in [0, 0.1) is 0 Å². The Morgan fingerprint density at radius 3 is 3.09 bits per heavy atom. The first-order valence-electron chi connectivity index (χ1n) is 3.98. The quantitative estimate of drug-likeness (QED) is 0.604. The van der Waals surface area contributed by atoms with Gasteiger partial charge in [-0.05, 0) is 13.3 Å². The van der Waals surface area contributed by atoms with E-state index in [4.69, 9.17) is 0 Å². The molecule has 1 aliphatic heterocycles. The highest BCUT2D eigenvalue weighted by atomic mass is 16.2. The summed E-state index contributed by atoms with van der Waals surface area (Å²) >= 11 is 0. The maximum atomic E-state index is 11.0. The molecule has 1 rings (SSSR count). The van der Waals surface area contributed by atoms with Crippen molar-refractivity contribution in [2.45, 2.75) is 13.3 Å². The first kappa shape index (κ1) is 8.11. The summed E-state index contributed by atoms with van der Waals surface area (Å²) in [4.78, 5) is 12.8. The molecule has 2 amide bonds. The predicted molar refractivity (Wildman–Crippen MR) is 44.4 cm³/mol. The lowest BCUT2D eigenvalue weighted by Crippen LogP contribution is -2.28. The van der Waals surface area contributed by atoms with Crippen molar-refractivity contribution in [3.8, 4) is 0 Å². The number of allylic oxidation sites excluding steroid dienone is 1. The average Bonchev–Trinajstić information content (AvgIpc) is 2.37. The summed E-state index contributed by atoms with van der Waals surface area (Å²) in [6.07, 6.45) is 5.05. The van der Waals surface area contributed by atoms with E-state index in [1.165, 1.54) is 0 Å². The van der Waals surface area contributed by atoms with Gasteiger partial charge in [0.1, 0.15) is 0 Å². The second kappa shape index (κ2) is 4.01. The highest BCUT2D eigenvalue weighted by Crippen LogP contribution is 1.98. The van der Waals surface area contributed by atoms with Crippen molar-refractivity contribution < 1.29 is 4.79 Å². The highest BCUT2D eigenvalue weighted by Gasteiger charge is 2.17. The van der Waals surface area contributed by atoms with E-state index in [-0.39, 0.29) is 6.03 Å². The van der Waals surface area contributed by atoms with Gasteiger partial charge in [0.05, 0.1) is 0 Å². The first-order chi connectivity index (χ1) is 5.34. The maximum absolute atomic E-state index is 11.0. The second-order valence-corrected chi connectivity index (χ2v) is 2.58. The molecule has 0 saturated carbocycles. The molecule has 3 nitrogen and oxygen atoms in total. The van der Waals surface area contributed by atoms with Gasteiger partial charge in [-0.15, -0.1) is 0 Å². The van der Waals surface area contributed by atoms with Crippen LogP contribution in [-0.4, -0.2) is 30.6 Å². The highest BCUT2D eigenvalue weighted by molar-refractivity contribution is 5.76. The molecule has 3 heteroatoms. The monoisotopic (exact) mass is 154 g/mol. The first-order valence-corrected chi connectivity index (χ1v) is 3.98. The van der Waals surface area contributed by atoms with Crippen LogP contribution in [-0.2, 0) is 0 Å². The fraction of sp³-hybridized carbons (Fsp3) is 0.625. The molecule has 11 heavy (non-hydrogen) atoms. The summed E-state index contributed by atoms with van der Waals surface area (Å²) in [6, 6.07) is 0.0782. The van der Waals surface area contributed by atoms with Gasteiger partial charge in [0.25, 0.3) is 0 Å². The third-order valence-corrected chi connectivity index (χ3v) is 1.75. The van der Waals surface area contributed by atoms with Gasteiger partial charge >= 0.3 is 6.03 Å². The molecule has 0 aromatic heterocycles. The van der Waals surface area contributed by atoms with Crippen LogP contribution in [0.1, 0.15) is 13.3 Å². The van der Waals surface area contributed by atoms with Crippen LogP contribution < -0.4 is 5.32 Å². The third kappa shape index (κ3) is 2.26. The Kier molecular flexibility index (Phi) is 2.95. The maximum Gasteiger partial charge on any atom is 0.317 e. The minimum absolute atomic E-state index is 0.0782. The van der Waals surface area contributed by atoms with Crippen molar-refractivity contribution in [2.75, 3.05) is 19.6 Å². The molecule has 0 aromatic carbocycles. The Labute approximate surface area is 67.1 Å². The van der Waals surface area contributed by atoms with E-state index in [9.17, 15) is 4.79 Å². The van der Waals surface area contributed by atoms with Crippen molar-refractivity contribution in [3.05, 3.63) is 12.2 Å². The van der Waals surface area contributed by atoms with Gasteiger partial charge < -0.3 is 10.2 Å². The molecule has 1 N–H and O–H groups in total. The number of carbonyl (C=O) groups is 1. The molecular formula is C8H14N2O. The van der Waals surface area contributed by atoms with E-state index in [0.29, 0.717) is 0 Å². The second-order valence-electron chi connectivity index (χ2n) is 2.58. The molecule has 62 valence electrons. The lowest BCUT2D eigenvalue weighted by atomic mass is 10.3. The number of amides is 2. The Morgan fingerprint density at radius 1 is 1.73 bits per heavy atom. The molecule has 0 spiro atoms. The van der Waals surface area contributed by atoms with E-state index in [1.54, 1.807) is 0 Å². The van der Waals surface area contributed by atoms with Gasteiger partial charge in [0.15, 0.2) is 0 Å². The zero-order valence-electron chi connectivity index (χ0n) is 6.84. The molecule has 0 aliphatic carbocycles. The largest absolute Gasteiger partial charge is 0.336 e. The number of nitrogens with zero attached hydrogens (tertiary/aromatic N) is 1. The van der Waals surface area contributed by atoms with Crippen LogP contribution in [0.25, 0.3) is 0 Å². The Balaban J connectivity index is 2.20. The average molecular weight is 154 g/mol. The number of hydrogen-bond acceptors (Lipinski definition) is 1. The third-order valence-electron chi connectivity index (χ3n) is 1.75. The summed E-state index contributed by atoms with van der Waals surface area (Å²) in [6.45, 7) is 4.49. The summed E-state index contributed by atoms with van der Waals surface area (Å²) in [5, 5.41) is 2.76. The molecule has 0 radical (unpaired) electrons. The predicted octanol–water partition coefficient (Wildman–Crippen LogP) is 0.978. The van der Waals surface area contributed by atoms with E-state index in [1.807, 2.05) is 17.9 Å². The number of carbonyl (C=O) groups excluding carboxylic acids is 1. The lowest BCUT2D eigenvalue weighted by Gasteiger charge is -2.11. The van der Waals surface area contributed by atoms with Gasteiger partial charge in [-0.2, -0.15) is 0 Å². The summed E-state index contributed by atoms with van der Waals surface area (Å²) in [5.74, 6) is 0. The van der Waals surface area contributed by atoms with Crippen molar-refractivity contribution in [3.63, 3.8) is 0 Å². The van der Waals surface area contributed by atoms with E-state index in [2.05, 4.69) is 11.4 Å². The number of rotatable bonds is 3. The topological polar surface area (TPSA) is 32.3 Å². The lowest BCUT2D eigenvalue weighted by molar-refractivity contribution is 0.218. The molecule has 0 aromatic rings. The Morgan fingerprint density at radius 2 is 2.55 bits per heavy atom. The van der Waals surface area contributed by atoms with Gasteiger partial charge in [-0.3, -0.25) is 0 Å². The number of urea groups is 1. The fourth-order valence-electron chi connectivity index (χ4n) is 1.12. The SMILES string of the molecule is C/C=C/CCN1CCNC1=O. The molecule has 1 heterocycles. The smallest absolute Gasteiger partial charge is 0.317 e. The molecule has 0 unspecified atom stereocenters. The molecule has 0 bridgehead atoms. The zero-order chi connectivity index (χ0) is 8.10. The van der Waals surface area contributed by atoms with Crippen molar-refractivity contribution in [1.82, 2.24) is 10.2 Å². The normalized spacial score (nSPS) is 17.9. The minimum atomic E-state index is 0.0782. The van der Waals surface area contributed by atoms with Crippen molar-refractivity contribution in [1.29, 1.82) is 0 Å². The standard InChI is InChI=1S/C8H14N2O/c1-2-3-4-6-10-7-5-9-8(10)11/h2-3H,4-7H2,1H3,(H,9,11)/b3-2+. The Hall–Kier alpha value is -0.990. The van der Waals surface area contributed by atoms with Crippen LogP contribution in [0.4, 0.5) is 4.79 Å². The number of nitrogens with one attached hydrogen (secondary N) is 1. The van der Waals surface area contributed by atoms with Crippen molar-refractivity contribution >= 4 is 6.03 Å². The van der Waals surface area contributed by atoms with E-state index >= 15 is 0 Å². The molecule has 1 fully saturated rings. The molecular weight excluding hydrogens is 140 g/mol. The summed E-state index contributed by atoms with van der Waals surface area (Å²) < 4.78 is 0. The van der Waals surface area contributed by atoms with Gasteiger partial charge in [-0.25, -0.2) is 4.79 Å². The van der Waals surface area contributed by atoms with Gasteiger partial charge in [0.2, 0.25) is 0 Å². The molecule has 1 aliphatic rings. The van der Waals surface area contributed by atoms with E-state index in [0.717, 1.165) is 26.1 Å². The molecule has 1 saturated heterocycles. The van der Waals surface area contributed by atoms with Gasteiger partial charge in [0, 0.05) is 19.6 Å². The van der Waals surface area contributed by atoms with Crippen molar-refractivity contribution in [2.24, 2.45) is 0 Å². The van der Waals surface area contributed by atoms with Crippen LogP contribution >= 0.6 is 0 Å².